The van der Waals surface area contributed by atoms with E-state index in [2.05, 4.69) is 16.0 Å². The van der Waals surface area contributed by atoms with Gasteiger partial charge in [-0.2, -0.15) is 0 Å². The number of hydrogen-bond donors (Lipinski definition) is 1. The second-order valence-electron chi connectivity index (χ2n) is 3.56. The number of piperidine rings is 1. The van der Waals surface area contributed by atoms with Gasteiger partial charge in [0.25, 0.3) is 0 Å². The van der Waals surface area contributed by atoms with Crippen LogP contribution in [0.5, 0.6) is 0 Å². The zero-order chi connectivity index (χ0) is 9.10. The molecule has 0 radical (unpaired) electrons. The van der Waals surface area contributed by atoms with Crippen LogP contribution in [0.3, 0.4) is 0 Å². The fourth-order valence-corrected chi connectivity index (χ4v) is 1.79. The van der Waals surface area contributed by atoms with Crippen molar-refractivity contribution in [2.75, 3.05) is 18.0 Å². The Kier molecular flexibility index (Phi) is 4.17. The predicted octanol–water partition coefficient (Wildman–Crippen LogP) is 1.43. The first-order valence-corrected chi connectivity index (χ1v) is 4.77. The number of halogens is 1. The van der Waals surface area contributed by atoms with Gasteiger partial charge < -0.3 is 10.6 Å². The molecule has 4 heteroatoms. The summed E-state index contributed by atoms with van der Waals surface area (Å²) in [6.45, 7) is 2.07. The van der Waals surface area contributed by atoms with Crippen molar-refractivity contribution < 1.29 is 0 Å². The molecule has 1 fully saturated rings. The van der Waals surface area contributed by atoms with Crippen LogP contribution in [-0.4, -0.2) is 24.1 Å². The van der Waals surface area contributed by atoms with E-state index in [0.717, 1.165) is 19.5 Å². The van der Waals surface area contributed by atoms with Gasteiger partial charge in [0, 0.05) is 25.3 Å². The Morgan fingerprint density at radius 1 is 1.50 bits per heavy atom. The Morgan fingerprint density at radius 2 is 2.36 bits per heavy atom. The van der Waals surface area contributed by atoms with Crippen molar-refractivity contribution in [3.05, 3.63) is 24.5 Å². The second-order valence-corrected chi connectivity index (χ2v) is 3.56. The molecule has 0 aromatic carbocycles. The number of hydrogen-bond acceptors (Lipinski definition) is 3. The lowest BCUT2D eigenvalue weighted by atomic mass is 10.1. The molecule has 1 saturated heterocycles. The molecule has 0 saturated carbocycles. The maximum Gasteiger partial charge on any atom is 0.0553 e. The fourth-order valence-electron chi connectivity index (χ4n) is 1.79. The third-order valence-corrected chi connectivity index (χ3v) is 2.47. The average Bonchev–Trinajstić information content (AvgIpc) is 2.19. The summed E-state index contributed by atoms with van der Waals surface area (Å²) in [6, 6.07) is 4.38. The first kappa shape index (κ1) is 11.3. The Hall–Kier alpha value is -0.800. The summed E-state index contributed by atoms with van der Waals surface area (Å²) in [7, 11) is 0. The number of pyridine rings is 1. The molecular weight excluding hydrogens is 198 g/mol. The van der Waals surface area contributed by atoms with Gasteiger partial charge in [0.2, 0.25) is 0 Å². The van der Waals surface area contributed by atoms with E-state index in [1.54, 1.807) is 6.20 Å². The van der Waals surface area contributed by atoms with E-state index >= 15 is 0 Å². The normalized spacial score (nSPS) is 21.5. The maximum absolute atomic E-state index is 5.90. The Labute approximate surface area is 90.7 Å². The van der Waals surface area contributed by atoms with Crippen molar-refractivity contribution in [2.45, 2.75) is 18.9 Å². The molecule has 1 atom stereocenters. The smallest absolute Gasteiger partial charge is 0.0553 e. The summed E-state index contributed by atoms with van der Waals surface area (Å²) in [4.78, 5) is 6.41. The molecule has 1 aromatic rings. The van der Waals surface area contributed by atoms with Crippen LogP contribution in [0.2, 0.25) is 0 Å². The second kappa shape index (κ2) is 5.17. The standard InChI is InChI=1S/C10H15N3.ClH/c11-9-3-2-6-13(8-9)10-4-1-5-12-7-10;/h1,4-5,7,9H,2-3,6,8,11H2;1H/t9-;/m0./s1. The number of aromatic nitrogens is 1. The van der Waals surface area contributed by atoms with Gasteiger partial charge in [-0.3, -0.25) is 4.98 Å². The van der Waals surface area contributed by atoms with Crippen LogP contribution in [0.25, 0.3) is 0 Å². The first-order chi connectivity index (χ1) is 6.36. The summed E-state index contributed by atoms with van der Waals surface area (Å²) in [6.07, 6.45) is 6.04. The van der Waals surface area contributed by atoms with E-state index in [0.29, 0.717) is 6.04 Å². The number of anilines is 1. The molecule has 2 N–H and O–H groups in total. The zero-order valence-corrected chi connectivity index (χ0v) is 8.91. The molecule has 0 spiro atoms. The van der Waals surface area contributed by atoms with Crippen LogP contribution in [0, 0.1) is 0 Å². The molecule has 0 aliphatic carbocycles. The summed E-state index contributed by atoms with van der Waals surface area (Å²) in [5, 5.41) is 0. The third kappa shape index (κ3) is 2.59. The lowest BCUT2D eigenvalue weighted by Crippen LogP contribution is -2.42. The van der Waals surface area contributed by atoms with Gasteiger partial charge in [0.15, 0.2) is 0 Å². The fraction of sp³-hybridized carbons (Fsp3) is 0.500. The molecule has 2 rings (SSSR count). The van der Waals surface area contributed by atoms with Gasteiger partial charge in [-0.15, -0.1) is 12.4 Å². The van der Waals surface area contributed by atoms with Crippen LogP contribution in [-0.2, 0) is 0 Å². The van der Waals surface area contributed by atoms with Gasteiger partial charge in [-0.25, -0.2) is 0 Å². The zero-order valence-electron chi connectivity index (χ0n) is 8.10. The van der Waals surface area contributed by atoms with Crippen molar-refractivity contribution in [2.24, 2.45) is 5.73 Å². The van der Waals surface area contributed by atoms with E-state index < -0.39 is 0 Å². The van der Waals surface area contributed by atoms with Crippen LogP contribution in [0.1, 0.15) is 12.8 Å². The Bertz CT molecular complexity index is 265. The molecule has 0 amide bonds. The molecule has 1 aliphatic rings. The van der Waals surface area contributed by atoms with E-state index in [1.165, 1.54) is 12.1 Å². The number of nitrogens with two attached hydrogens (primary N) is 1. The summed E-state index contributed by atoms with van der Waals surface area (Å²) in [5.41, 5.74) is 7.09. The predicted molar refractivity (Wildman–Crippen MR) is 60.9 cm³/mol. The highest BCUT2D eigenvalue weighted by molar-refractivity contribution is 5.85. The minimum atomic E-state index is 0. The van der Waals surface area contributed by atoms with Crippen molar-refractivity contribution >= 4 is 18.1 Å². The molecule has 3 nitrogen and oxygen atoms in total. The van der Waals surface area contributed by atoms with Gasteiger partial charge in [-0.1, -0.05) is 0 Å². The lowest BCUT2D eigenvalue weighted by Gasteiger charge is -2.32. The molecule has 1 aliphatic heterocycles. The monoisotopic (exact) mass is 213 g/mol. The highest BCUT2D eigenvalue weighted by Crippen LogP contribution is 2.17. The molecule has 2 heterocycles. The average molecular weight is 214 g/mol. The van der Waals surface area contributed by atoms with Crippen molar-refractivity contribution in [3.63, 3.8) is 0 Å². The van der Waals surface area contributed by atoms with Crippen LogP contribution >= 0.6 is 12.4 Å². The van der Waals surface area contributed by atoms with Gasteiger partial charge in [0.05, 0.1) is 11.9 Å². The van der Waals surface area contributed by atoms with Gasteiger partial charge in [-0.05, 0) is 25.0 Å². The summed E-state index contributed by atoms with van der Waals surface area (Å²) in [5.74, 6) is 0. The van der Waals surface area contributed by atoms with Crippen molar-refractivity contribution in [1.82, 2.24) is 4.98 Å². The Balaban J connectivity index is 0.000000980. The molecule has 0 unspecified atom stereocenters. The summed E-state index contributed by atoms with van der Waals surface area (Å²) < 4.78 is 0. The minimum Gasteiger partial charge on any atom is -0.369 e. The molecular formula is C10H16ClN3. The number of rotatable bonds is 1. The number of nitrogens with zero attached hydrogens (tertiary/aromatic N) is 2. The van der Waals surface area contributed by atoms with Gasteiger partial charge >= 0.3 is 0 Å². The molecule has 1 aromatic heterocycles. The SMILES string of the molecule is Cl.N[C@H]1CCCN(c2cccnc2)C1. The van der Waals surface area contributed by atoms with Crippen molar-refractivity contribution in [3.8, 4) is 0 Å². The largest absolute Gasteiger partial charge is 0.369 e. The maximum atomic E-state index is 5.90. The lowest BCUT2D eigenvalue weighted by molar-refractivity contribution is 0.506. The Morgan fingerprint density at radius 3 is 3.00 bits per heavy atom. The molecule has 0 bridgehead atoms. The first-order valence-electron chi connectivity index (χ1n) is 4.77. The van der Waals surface area contributed by atoms with E-state index in [4.69, 9.17) is 5.73 Å². The topological polar surface area (TPSA) is 42.1 Å². The highest BCUT2D eigenvalue weighted by atomic mass is 35.5. The quantitative estimate of drug-likeness (QED) is 0.768. The third-order valence-electron chi connectivity index (χ3n) is 2.47. The van der Waals surface area contributed by atoms with Crippen molar-refractivity contribution in [1.29, 1.82) is 0 Å². The van der Waals surface area contributed by atoms with E-state index in [9.17, 15) is 0 Å². The highest BCUT2D eigenvalue weighted by Gasteiger charge is 2.16. The molecule has 78 valence electrons. The van der Waals surface area contributed by atoms with E-state index in [1.807, 2.05) is 12.3 Å². The van der Waals surface area contributed by atoms with Crippen LogP contribution < -0.4 is 10.6 Å². The van der Waals surface area contributed by atoms with Crippen LogP contribution in [0.15, 0.2) is 24.5 Å². The summed E-state index contributed by atoms with van der Waals surface area (Å²) >= 11 is 0. The minimum absolute atomic E-state index is 0. The van der Waals surface area contributed by atoms with Crippen LogP contribution in [0.4, 0.5) is 5.69 Å². The van der Waals surface area contributed by atoms with E-state index in [-0.39, 0.29) is 12.4 Å². The molecule has 14 heavy (non-hydrogen) atoms. The van der Waals surface area contributed by atoms with Gasteiger partial charge in [0.1, 0.15) is 0 Å².